The molecule has 0 radical (unpaired) electrons. The number of hydrogen-bond acceptors (Lipinski definition) is 3. The first-order chi connectivity index (χ1) is 7.47. The van der Waals surface area contributed by atoms with Gasteiger partial charge in [0, 0.05) is 4.90 Å². The van der Waals surface area contributed by atoms with E-state index in [1.54, 1.807) is 7.11 Å². The molecule has 0 aliphatic rings. The Morgan fingerprint density at radius 2 is 2.00 bits per heavy atom. The minimum Gasteiger partial charge on any atom is -0.496 e. The van der Waals surface area contributed by atoms with Gasteiger partial charge >= 0.3 is 5.97 Å². The number of aryl methyl sites for hydroxylation is 1. The van der Waals surface area contributed by atoms with Crippen molar-refractivity contribution < 1.29 is 14.6 Å². The Labute approximate surface area is 99.8 Å². The maximum absolute atomic E-state index is 10.5. The Bertz CT molecular complexity index is 413. The summed E-state index contributed by atoms with van der Waals surface area (Å²) >= 11 is 1.35. The first-order valence-corrected chi connectivity index (χ1v) is 5.95. The monoisotopic (exact) mass is 240 g/mol. The predicted octanol–water partition coefficient (Wildman–Crippen LogP) is 2.80. The molecule has 1 N–H and O–H groups in total. The Balaban J connectivity index is 3.08. The molecule has 3 nitrogen and oxygen atoms in total. The zero-order chi connectivity index (χ0) is 12.3. The van der Waals surface area contributed by atoms with Crippen LogP contribution in [-0.4, -0.2) is 23.9 Å². The van der Waals surface area contributed by atoms with Crippen LogP contribution in [0.15, 0.2) is 11.0 Å². The summed E-state index contributed by atoms with van der Waals surface area (Å²) in [6.07, 6.45) is 0. The van der Waals surface area contributed by atoms with Crippen molar-refractivity contribution in [1.82, 2.24) is 0 Å². The fourth-order valence-corrected chi connectivity index (χ4v) is 2.53. The van der Waals surface area contributed by atoms with Crippen LogP contribution in [0.2, 0.25) is 0 Å². The van der Waals surface area contributed by atoms with E-state index in [0.29, 0.717) is 0 Å². The second kappa shape index (κ2) is 5.25. The van der Waals surface area contributed by atoms with E-state index in [9.17, 15) is 4.79 Å². The summed E-state index contributed by atoms with van der Waals surface area (Å²) in [6.45, 7) is 5.95. The molecule has 16 heavy (non-hydrogen) atoms. The lowest BCUT2D eigenvalue weighted by atomic mass is 10.1. The lowest BCUT2D eigenvalue weighted by Crippen LogP contribution is -2.00. The van der Waals surface area contributed by atoms with Crippen LogP contribution in [0.5, 0.6) is 5.75 Å². The SMILES string of the molecule is COc1c(C)cc(SCC(=O)O)c(C)c1C. The van der Waals surface area contributed by atoms with Crippen LogP contribution in [0.1, 0.15) is 16.7 Å². The number of ether oxygens (including phenoxy) is 1. The van der Waals surface area contributed by atoms with Gasteiger partial charge in [-0.3, -0.25) is 4.79 Å². The third-order valence-corrected chi connectivity index (χ3v) is 3.66. The number of carboxylic acid groups (broad SMARTS) is 1. The molecule has 0 unspecified atom stereocenters. The first kappa shape index (κ1) is 12.9. The summed E-state index contributed by atoms with van der Waals surface area (Å²) in [7, 11) is 1.65. The largest absolute Gasteiger partial charge is 0.496 e. The highest BCUT2D eigenvalue weighted by Crippen LogP contribution is 2.33. The van der Waals surface area contributed by atoms with Gasteiger partial charge < -0.3 is 9.84 Å². The lowest BCUT2D eigenvalue weighted by molar-refractivity contribution is -0.133. The Morgan fingerprint density at radius 3 is 2.50 bits per heavy atom. The highest BCUT2D eigenvalue weighted by molar-refractivity contribution is 8.00. The van der Waals surface area contributed by atoms with E-state index < -0.39 is 5.97 Å². The number of thioether (sulfide) groups is 1. The van der Waals surface area contributed by atoms with Crippen LogP contribution in [-0.2, 0) is 4.79 Å². The van der Waals surface area contributed by atoms with Crippen LogP contribution < -0.4 is 4.74 Å². The summed E-state index contributed by atoms with van der Waals surface area (Å²) < 4.78 is 5.31. The number of carboxylic acids is 1. The van der Waals surface area contributed by atoms with Gasteiger partial charge in [0.15, 0.2) is 0 Å². The van der Waals surface area contributed by atoms with Crippen LogP contribution in [0.25, 0.3) is 0 Å². The number of benzene rings is 1. The molecular weight excluding hydrogens is 224 g/mol. The number of hydrogen-bond donors (Lipinski definition) is 1. The van der Waals surface area contributed by atoms with E-state index in [0.717, 1.165) is 27.3 Å². The molecule has 0 bridgehead atoms. The van der Waals surface area contributed by atoms with Gasteiger partial charge in [-0.25, -0.2) is 0 Å². The maximum atomic E-state index is 10.5. The summed E-state index contributed by atoms with van der Waals surface area (Å²) in [6, 6.07) is 1.98. The quantitative estimate of drug-likeness (QED) is 0.822. The van der Waals surface area contributed by atoms with E-state index in [1.807, 2.05) is 26.8 Å². The lowest BCUT2D eigenvalue weighted by Gasteiger charge is -2.14. The van der Waals surface area contributed by atoms with E-state index in [1.165, 1.54) is 11.8 Å². The average molecular weight is 240 g/mol. The molecular formula is C12H16O3S. The minimum atomic E-state index is -0.796. The molecule has 1 rings (SSSR count). The van der Waals surface area contributed by atoms with Gasteiger partial charge in [0.1, 0.15) is 5.75 Å². The topological polar surface area (TPSA) is 46.5 Å². The van der Waals surface area contributed by atoms with Crippen LogP contribution in [0.4, 0.5) is 0 Å². The molecule has 0 saturated heterocycles. The Hall–Kier alpha value is -1.16. The summed E-state index contributed by atoms with van der Waals surface area (Å²) in [5.41, 5.74) is 3.21. The summed E-state index contributed by atoms with van der Waals surface area (Å²) in [5, 5.41) is 8.66. The molecule has 1 aromatic rings. The third-order valence-electron chi connectivity index (χ3n) is 2.53. The highest BCUT2D eigenvalue weighted by atomic mass is 32.2. The second-order valence-electron chi connectivity index (χ2n) is 3.66. The molecule has 0 atom stereocenters. The molecule has 0 aromatic heterocycles. The average Bonchev–Trinajstić information content (AvgIpc) is 2.22. The Kier molecular flexibility index (Phi) is 4.24. The fraction of sp³-hybridized carbons (Fsp3) is 0.417. The molecule has 0 aliphatic carbocycles. The van der Waals surface area contributed by atoms with E-state index >= 15 is 0 Å². The number of carbonyl (C=O) groups is 1. The third kappa shape index (κ3) is 2.70. The van der Waals surface area contributed by atoms with E-state index in [2.05, 4.69) is 0 Å². The van der Waals surface area contributed by atoms with Gasteiger partial charge in [0.25, 0.3) is 0 Å². The van der Waals surface area contributed by atoms with Crippen molar-refractivity contribution in [3.05, 3.63) is 22.8 Å². The standard InChI is InChI=1S/C12H16O3S/c1-7-5-10(16-6-11(13)14)8(2)9(3)12(7)15-4/h5H,6H2,1-4H3,(H,13,14). The molecule has 0 spiro atoms. The zero-order valence-corrected chi connectivity index (χ0v) is 10.8. The Morgan fingerprint density at radius 1 is 1.38 bits per heavy atom. The summed E-state index contributed by atoms with van der Waals surface area (Å²) in [5.74, 6) is 0.180. The van der Waals surface area contributed by atoms with Gasteiger partial charge in [0.05, 0.1) is 12.9 Å². The number of aliphatic carboxylic acids is 1. The number of rotatable bonds is 4. The van der Waals surface area contributed by atoms with Crippen molar-refractivity contribution in [2.75, 3.05) is 12.9 Å². The van der Waals surface area contributed by atoms with Crippen LogP contribution in [0, 0.1) is 20.8 Å². The smallest absolute Gasteiger partial charge is 0.313 e. The van der Waals surface area contributed by atoms with Gasteiger partial charge in [-0.2, -0.15) is 0 Å². The van der Waals surface area contributed by atoms with Crippen molar-refractivity contribution in [1.29, 1.82) is 0 Å². The maximum Gasteiger partial charge on any atom is 0.313 e. The van der Waals surface area contributed by atoms with Gasteiger partial charge in [0.2, 0.25) is 0 Å². The van der Waals surface area contributed by atoms with Crippen molar-refractivity contribution in [3.63, 3.8) is 0 Å². The normalized spacial score (nSPS) is 10.2. The highest BCUT2D eigenvalue weighted by Gasteiger charge is 2.11. The molecule has 0 amide bonds. The molecule has 88 valence electrons. The molecule has 0 heterocycles. The molecule has 0 aliphatic heterocycles. The van der Waals surface area contributed by atoms with Crippen LogP contribution in [0.3, 0.4) is 0 Å². The molecule has 0 fully saturated rings. The van der Waals surface area contributed by atoms with Crippen molar-refractivity contribution in [2.24, 2.45) is 0 Å². The van der Waals surface area contributed by atoms with Gasteiger partial charge in [-0.15, -0.1) is 11.8 Å². The summed E-state index contributed by atoms with van der Waals surface area (Å²) in [4.78, 5) is 11.5. The van der Waals surface area contributed by atoms with Crippen molar-refractivity contribution in [3.8, 4) is 5.75 Å². The second-order valence-corrected chi connectivity index (χ2v) is 4.67. The molecule has 0 saturated carbocycles. The van der Waals surface area contributed by atoms with Crippen molar-refractivity contribution >= 4 is 17.7 Å². The van der Waals surface area contributed by atoms with Crippen molar-refractivity contribution in [2.45, 2.75) is 25.7 Å². The van der Waals surface area contributed by atoms with Gasteiger partial charge in [-0.05, 0) is 43.5 Å². The molecule has 1 aromatic carbocycles. The number of methoxy groups -OCH3 is 1. The van der Waals surface area contributed by atoms with E-state index in [-0.39, 0.29) is 5.75 Å². The minimum absolute atomic E-state index is 0.0893. The first-order valence-electron chi connectivity index (χ1n) is 4.96. The fourth-order valence-electron chi connectivity index (χ4n) is 1.62. The van der Waals surface area contributed by atoms with E-state index in [4.69, 9.17) is 9.84 Å². The predicted molar refractivity (Wildman–Crippen MR) is 65.6 cm³/mol. The van der Waals surface area contributed by atoms with Gasteiger partial charge in [-0.1, -0.05) is 0 Å². The zero-order valence-electron chi connectivity index (χ0n) is 9.96. The van der Waals surface area contributed by atoms with Crippen LogP contribution >= 0.6 is 11.8 Å². The molecule has 4 heteroatoms.